The van der Waals surface area contributed by atoms with Gasteiger partial charge in [0.2, 0.25) is 5.82 Å². The monoisotopic (exact) mass is 294 g/mol. The minimum Gasteiger partial charge on any atom is -0.384 e. The summed E-state index contributed by atoms with van der Waals surface area (Å²) >= 11 is 0. The van der Waals surface area contributed by atoms with Gasteiger partial charge < -0.3 is 11.1 Å². The summed E-state index contributed by atoms with van der Waals surface area (Å²) in [6, 6.07) is 9.31. The molecule has 1 aliphatic carbocycles. The molecule has 0 amide bonds. The fourth-order valence-corrected chi connectivity index (χ4v) is 2.46. The highest BCUT2D eigenvalue weighted by Crippen LogP contribution is 2.35. The second-order valence-electron chi connectivity index (χ2n) is 4.98. The molecule has 0 spiro atoms. The van der Waals surface area contributed by atoms with Gasteiger partial charge in [-0.05, 0) is 17.5 Å². The zero-order valence-corrected chi connectivity index (χ0v) is 11.0. The molecule has 3 N–H and O–H groups in total. The number of hydrogen-bond acceptors (Lipinski definition) is 4. The van der Waals surface area contributed by atoms with E-state index in [1.54, 1.807) is 0 Å². The van der Waals surface area contributed by atoms with Crippen LogP contribution in [0.2, 0.25) is 0 Å². The van der Waals surface area contributed by atoms with Crippen LogP contribution in [0.5, 0.6) is 0 Å². The Morgan fingerprint density at radius 3 is 2.71 bits per heavy atom. The number of alkyl halides is 3. The molecule has 0 saturated heterocycles. The van der Waals surface area contributed by atoms with Crippen molar-refractivity contribution in [2.45, 2.75) is 18.5 Å². The normalized spacial score (nSPS) is 17.0. The number of hydrogen-bond donors (Lipinski definition) is 2. The van der Waals surface area contributed by atoms with Crippen LogP contribution in [0.25, 0.3) is 0 Å². The lowest BCUT2D eigenvalue weighted by molar-refractivity contribution is -0.144. The zero-order chi connectivity index (χ0) is 15.0. The summed E-state index contributed by atoms with van der Waals surface area (Å²) in [6.45, 7) is 0.519. The maximum atomic E-state index is 12.6. The first-order valence-electron chi connectivity index (χ1n) is 6.47. The summed E-state index contributed by atoms with van der Waals surface area (Å²) in [4.78, 5) is 6.67. The van der Waals surface area contributed by atoms with Crippen LogP contribution in [-0.4, -0.2) is 16.5 Å². The van der Waals surface area contributed by atoms with Crippen LogP contribution in [-0.2, 0) is 12.6 Å². The van der Waals surface area contributed by atoms with Crippen molar-refractivity contribution in [2.24, 2.45) is 0 Å². The maximum Gasteiger partial charge on any atom is 0.451 e. The van der Waals surface area contributed by atoms with E-state index in [1.807, 2.05) is 18.2 Å². The Hall–Kier alpha value is -2.31. The van der Waals surface area contributed by atoms with Crippen molar-refractivity contribution in [3.05, 3.63) is 47.3 Å². The van der Waals surface area contributed by atoms with Crippen LogP contribution in [0.15, 0.2) is 30.3 Å². The first-order chi connectivity index (χ1) is 9.93. The predicted octanol–water partition coefficient (Wildman–Crippen LogP) is 2.83. The van der Waals surface area contributed by atoms with Crippen molar-refractivity contribution in [1.29, 1.82) is 0 Å². The van der Waals surface area contributed by atoms with Gasteiger partial charge in [0.15, 0.2) is 0 Å². The Morgan fingerprint density at radius 1 is 1.24 bits per heavy atom. The lowest BCUT2D eigenvalue weighted by Gasteiger charge is -2.30. The van der Waals surface area contributed by atoms with Gasteiger partial charge >= 0.3 is 6.18 Å². The maximum absolute atomic E-state index is 12.6. The molecule has 1 aliphatic rings. The van der Waals surface area contributed by atoms with Gasteiger partial charge in [-0.1, -0.05) is 24.3 Å². The number of fused-ring (bicyclic) bond motifs is 1. The summed E-state index contributed by atoms with van der Waals surface area (Å²) in [7, 11) is 0. The van der Waals surface area contributed by atoms with Crippen LogP contribution in [0, 0.1) is 0 Å². The lowest BCUT2D eigenvalue weighted by Crippen LogP contribution is -2.25. The van der Waals surface area contributed by atoms with Crippen molar-refractivity contribution in [2.75, 3.05) is 17.6 Å². The first kappa shape index (κ1) is 13.7. The molecule has 0 saturated carbocycles. The van der Waals surface area contributed by atoms with E-state index in [-0.39, 0.29) is 17.6 Å². The van der Waals surface area contributed by atoms with E-state index in [0.29, 0.717) is 6.54 Å². The van der Waals surface area contributed by atoms with Crippen molar-refractivity contribution in [3.8, 4) is 0 Å². The molecule has 1 unspecified atom stereocenters. The van der Waals surface area contributed by atoms with Gasteiger partial charge in [0.1, 0.15) is 11.6 Å². The van der Waals surface area contributed by atoms with Crippen LogP contribution in [0.4, 0.5) is 24.8 Å². The largest absolute Gasteiger partial charge is 0.451 e. The average molecular weight is 294 g/mol. The molecule has 0 fully saturated rings. The fourth-order valence-electron chi connectivity index (χ4n) is 2.46. The Morgan fingerprint density at radius 2 is 2.00 bits per heavy atom. The SMILES string of the molecule is Nc1cc(NCC2Cc3ccccc32)nc(C(F)(F)F)n1. The Labute approximate surface area is 119 Å². The molecule has 1 aromatic heterocycles. The van der Waals surface area contributed by atoms with Crippen molar-refractivity contribution in [1.82, 2.24) is 9.97 Å². The standard InChI is InChI=1S/C14H13F3N4/c15-14(16,17)13-20-11(18)6-12(21-13)19-7-9-5-8-3-1-2-4-10(8)9/h1-4,6,9H,5,7H2,(H3,18,19,20,21). The summed E-state index contributed by atoms with van der Waals surface area (Å²) < 4.78 is 37.8. The van der Waals surface area contributed by atoms with Crippen molar-refractivity contribution >= 4 is 11.6 Å². The highest BCUT2D eigenvalue weighted by atomic mass is 19.4. The van der Waals surface area contributed by atoms with Gasteiger partial charge in [0.05, 0.1) is 0 Å². The number of nitrogens with zero attached hydrogens (tertiary/aromatic N) is 2. The molecule has 2 aromatic rings. The van der Waals surface area contributed by atoms with E-state index in [4.69, 9.17) is 5.73 Å². The molecule has 21 heavy (non-hydrogen) atoms. The van der Waals surface area contributed by atoms with Gasteiger partial charge in [-0.25, -0.2) is 9.97 Å². The third kappa shape index (κ3) is 2.76. The Bertz CT molecular complexity index is 670. The summed E-state index contributed by atoms with van der Waals surface area (Å²) in [5.74, 6) is -1.04. The van der Waals surface area contributed by atoms with Crippen LogP contribution < -0.4 is 11.1 Å². The molecular formula is C14H13F3N4. The van der Waals surface area contributed by atoms with Crippen molar-refractivity contribution in [3.63, 3.8) is 0 Å². The Kier molecular flexibility index (Phi) is 3.19. The molecule has 0 bridgehead atoms. The minimum atomic E-state index is -4.60. The molecule has 4 nitrogen and oxygen atoms in total. The predicted molar refractivity (Wildman–Crippen MR) is 72.8 cm³/mol. The van der Waals surface area contributed by atoms with Crippen LogP contribution in [0.1, 0.15) is 22.9 Å². The fraction of sp³-hybridized carbons (Fsp3) is 0.286. The van der Waals surface area contributed by atoms with Gasteiger partial charge in [0, 0.05) is 18.5 Å². The number of halogens is 3. The van der Waals surface area contributed by atoms with Crippen LogP contribution >= 0.6 is 0 Å². The molecule has 110 valence electrons. The number of nitrogen functional groups attached to an aromatic ring is 1. The number of anilines is 2. The smallest absolute Gasteiger partial charge is 0.384 e. The van der Waals surface area contributed by atoms with Gasteiger partial charge in [-0.3, -0.25) is 0 Å². The van der Waals surface area contributed by atoms with E-state index in [9.17, 15) is 13.2 Å². The van der Waals surface area contributed by atoms with E-state index >= 15 is 0 Å². The van der Waals surface area contributed by atoms with E-state index in [1.165, 1.54) is 17.2 Å². The summed E-state index contributed by atoms with van der Waals surface area (Å²) in [5.41, 5.74) is 7.90. The molecule has 1 aromatic carbocycles. The molecule has 7 heteroatoms. The van der Waals surface area contributed by atoms with Crippen molar-refractivity contribution < 1.29 is 13.2 Å². The number of benzene rings is 1. The highest BCUT2D eigenvalue weighted by molar-refractivity contribution is 5.47. The number of rotatable bonds is 3. The Balaban J connectivity index is 1.71. The van der Waals surface area contributed by atoms with E-state index in [2.05, 4.69) is 21.4 Å². The van der Waals surface area contributed by atoms with Crippen LogP contribution in [0.3, 0.4) is 0 Å². The number of nitrogens with two attached hydrogens (primary N) is 1. The van der Waals surface area contributed by atoms with Gasteiger partial charge in [-0.2, -0.15) is 13.2 Å². The summed E-state index contributed by atoms with van der Waals surface area (Å²) in [6.07, 6.45) is -3.69. The first-order valence-corrected chi connectivity index (χ1v) is 6.47. The third-order valence-electron chi connectivity index (χ3n) is 3.49. The molecule has 0 aliphatic heterocycles. The average Bonchev–Trinajstić information content (AvgIpc) is 2.38. The quantitative estimate of drug-likeness (QED) is 0.913. The molecule has 1 heterocycles. The lowest BCUT2D eigenvalue weighted by atomic mass is 9.77. The van der Waals surface area contributed by atoms with Gasteiger partial charge in [-0.15, -0.1) is 0 Å². The number of aromatic nitrogens is 2. The van der Waals surface area contributed by atoms with Gasteiger partial charge in [0.25, 0.3) is 0 Å². The molecular weight excluding hydrogens is 281 g/mol. The van der Waals surface area contributed by atoms with E-state index < -0.39 is 12.0 Å². The molecule has 0 radical (unpaired) electrons. The molecule has 3 rings (SSSR count). The minimum absolute atomic E-state index is 0.0965. The number of nitrogens with one attached hydrogen (secondary N) is 1. The third-order valence-corrected chi connectivity index (χ3v) is 3.49. The topological polar surface area (TPSA) is 63.8 Å². The highest BCUT2D eigenvalue weighted by Gasteiger charge is 2.35. The summed E-state index contributed by atoms with van der Waals surface area (Å²) in [5, 5.41) is 2.91. The second kappa shape index (κ2) is 4.91. The van der Waals surface area contributed by atoms with E-state index in [0.717, 1.165) is 6.42 Å². The molecule has 1 atom stereocenters. The zero-order valence-electron chi connectivity index (χ0n) is 11.0. The second-order valence-corrected chi connectivity index (χ2v) is 4.98.